The molecule has 0 bridgehead atoms. The van der Waals surface area contributed by atoms with Crippen LogP contribution in [0.1, 0.15) is 27.3 Å². The minimum absolute atomic E-state index is 0.0357. The van der Waals surface area contributed by atoms with Crippen LogP contribution in [-0.2, 0) is 16.4 Å². The lowest BCUT2D eigenvalue weighted by molar-refractivity contribution is 0.0592. The molecule has 2 aliphatic rings. The third-order valence-corrected chi connectivity index (χ3v) is 9.68. The van der Waals surface area contributed by atoms with E-state index in [9.17, 15) is 13.2 Å². The molecule has 10 heteroatoms. The third-order valence-electron chi connectivity index (χ3n) is 6.42. The average Bonchev–Trinajstić information content (AvgIpc) is 3.45. The first-order chi connectivity index (χ1) is 15.3. The maximum absolute atomic E-state index is 13.2. The zero-order chi connectivity index (χ0) is 22.5. The summed E-state index contributed by atoms with van der Waals surface area (Å²) in [5.41, 5.74) is 1.89. The highest BCUT2D eigenvalue weighted by molar-refractivity contribution is 7.91. The van der Waals surface area contributed by atoms with Gasteiger partial charge in [0.15, 0.2) is 9.84 Å². The summed E-state index contributed by atoms with van der Waals surface area (Å²) in [6.07, 6.45) is 0.702. The molecule has 2 aromatic heterocycles. The first kappa shape index (κ1) is 21.9. The van der Waals surface area contributed by atoms with Crippen LogP contribution in [0.15, 0.2) is 30.3 Å². The van der Waals surface area contributed by atoms with Crippen molar-refractivity contribution in [1.82, 2.24) is 19.6 Å². The summed E-state index contributed by atoms with van der Waals surface area (Å²) in [4.78, 5) is 19.0. The number of aryl methyl sites for hydroxylation is 1. The van der Waals surface area contributed by atoms with Gasteiger partial charge in [0.1, 0.15) is 4.83 Å². The van der Waals surface area contributed by atoms with E-state index in [2.05, 4.69) is 10.00 Å². The van der Waals surface area contributed by atoms with Crippen molar-refractivity contribution < 1.29 is 13.2 Å². The van der Waals surface area contributed by atoms with E-state index in [1.165, 1.54) is 11.3 Å². The number of thiophene rings is 1. The summed E-state index contributed by atoms with van der Waals surface area (Å²) in [5.74, 6) is 0.565. The standard InChI is InChI=1S/C22H25ClN4O3S2/c1-15-18-12-20(31-22(18)27(24-15)13-16-4-2-3-5-19(16)23)21(28)26-9-7-25(8-10-26)17-6-11-32(29,30)14-17/h2-5,12,17H,6-11,13-14H2,1H3. The van der Waals surface area contributed by atoms with Gasteiger partial charge >= 0.3 is 0 Å². The van der Waals surface area contributed by atoms with Crippen LogP contribution in [0.4, 0.5) is 0 Å². The number of rotatable bonds is 4. The van der Waals surface area contributed by atoms with Crippen LogP contribution in [-0.4, -0.2) is 77.6 Å². The van der Waals surface area contributed by atoms with Crippen LogP contribution in [0.2, 0.25) is 5.02 Å². The molecular formula is C22H25ClN4O3S2. The van der Waals surface area contributed by atoms with Gasteiger partial charge in [0.05, 0.1) is 28.6 Å². The molecule has 0 spiro atoms. The second-order valence-corrected chi connectivity index (χ2v) is 12.2. The Kier molecular flexibility index (Phi) is 5.77. The smallest absolute Gasteiger partial charge is 0.264 e. The molecule has 2 saturated heterocycles. The van der Waals surface area contributed by atoms with E-state index in [0.29, 0.717) is 36.0 Å². The minimum atomic E-state index is -2.90. The van der Waals surface area contributed by atoms with Gasteiger partial charge in [-0.05, 0) is 31.0 Å². The van der Waals surface area contributed by atoms with E-state index in [4.69, 9.17) is 11.6 Å². The zero-order valence-corrected chi connectivity index (χ0v) is 20.2. The van der Waals surface area contributed by atoms with Gasteiger partial charge < -0.3 is 4.90 Å². The zero-order valence-electron chi connectivity index (χ0n) is 17.8. The van der Waals surface area contributed by atoms with Crippen molar-refractivity contribution in [2.45, 2.75) is 25.9 Å². The number of carbonyl (C=O) groups excluding carboxylic acids is 1. The molecule has 0 radical (unpaired) electrons. The van der Waals surface area contributed by atoms with Crippen molar-refractivity contribution in [2.24, 2.45) is 0 Å². The molecule has 1 aromatic carbocycles. The highest BCUT2D eigenvalue weighted by Gasteiger charge is 2.34. The number of nitrogens with zero attached hydrogens (tertiary/aromatic N) is 4. The number of aromatic nitrogens is 2. The number of piperazine rings is 1. The van der Waals surface area contributed by atoms with Crippen molar-refractivity contribution in [3.05, 3.63) is 51.5 Å². The van der Waals surface area contributed by atoms with Crippen LogP contribution >= 0.6 is 22.9 Å². The fourth-order valence-electron chi connectivity index (χ4n) is 4.62. The number of sulfone groups is 1. The summed E-state index contributed by atoms with van der Waals surface area (Å²) < 4.78 is 25.5. The second-order valence-electron chi connectivity index (χ2n) is 8.55. The van der Waals surface area contributed by atoms with Gasteiger partial charge in [-0.2, -0.15) is 5.10 Å². The molecule has 0 N–H and O–H groups in total. The lowest BCUT2D eigenvalue weighted by atomic mass is 10.2. The minimum Gasteiger partial charge on any atom is -0.335 e. The Morgan fingerprint density at radius 3 is 2.66 bits per heavy atom. The molecule has 4 heterocycles. The number of amides is 1. The molecule has 5 rings (SSSR count). The van der Waals surface area contributed by atoms with Gasteiger partial charge in [-0.25, -0.2) is 8.42 Å². The largest absolute Gasteiger partial charge is 0.335 e. The van der Waals surface area contributed by atoms with Crippen LogP contribution in [0, 0.1) is 6.92 Å². The summed E-state index contributed by atoms with van der Waals surface area (Å²) in [7, 11) is -2.90. The molecule has 0 saturated carbocycles. The normalized spacial score (nSPS) is 21.4. The molecule has 32 heavy (non-hydrogen) atoms. The van der Waals surface area contributed by atoms with Crippen LogP contribution < -0.4 is 0 Å². The first-order valence-corrected chi connectivity index (χ1v) is 13.8. The number of hydrogen-bond acceptors (Lipinski definition) is 6. The van der Waals surface area contributed by atoms with Crippen LogP contribution in [0.5, 0.6) is 0 Å². The molecule has 170 valence electrons. The number of hydrogen-bond donors (Lipinski definition) is 0. The fourth-order valence-corrected chi connectivity index (χ4v) is 7.71. The SMILES string of the molecule is Cc1nn(Cc2ccccc2Cl)c2sc(C(=O)N3CCN(C4CCS(=O)(=O)C4)CC3)cc12. The fraction of sp³-hybridized carbons (Fsp3) is 0.455. The summed E-state index contributed by atoms with van der Waals surface area (Å²) in [5, 5.41) is 6.36. The third kappa shape index (κ3) is 4.19. The van der Waals surface area contributed by atoms with E-state index >= 15 is 0 Å². The summed E-state index contributed by atoms with van der Waals surface area (Å²) >= 11 is 7.80. The maximum Gasteiger partial charge on any atom is 0.264 e. The Bertz CT molecular complexity index is 1280. The molecule has 7 nitrogen and oxygen atoms in total. The highest BCUT2D eigenvalue weighted by Crippen LogP contribution is 2.31. The predicted octanol–water partition coefficient (Wildman–Crippen LogP) is 3.05. The van der Waals surface area contributed by atoms with Crippen molar-refractivity contribution in [2.75, 3.05) is 37.7 Å². The Hall–Kier alpha value is -1.94. The number of benzene rings is 1. The van der Waals surface area contributed by atoms with Crippen molar-refractivity contribution >= 4 is 48.9 Å². The number of halogens is 1. The number of carbonyl (C=O) groups is 1. The Morgan fingerprint density at radius 1 is 1.22 bits per heavy atom. The van der Waals surface area contributed by atoms with Crippen molar-refractivity contribution in [3.63, 3.8) is 0 Å². The molecule has 3 aromatic rings. The predicted molar refractivity (Wildman–Crippen MR) is 127 cm³/mol. The van der Waals surface area contributed by atoms with Crippen LogP contribution in [0.3, 0.4) is 0 Å². The number of fused-ring (bicyclic) bond motifs is 1. The van der Waals surface area contributed by atoms with E-state index in [-0.39, 0.29) is 23.5 Å². The topological polar surface area (TPSA) is 75.5 Å². The molecular weight excluding hydrogens is 468 g/mol. The van der Waals surface area contributed by atoms with Gasteiger partial charge in [-0.1, -0.05) is 29.8 Å². The van der Waals surface area contributed by atoms with E-state index in [0.717, 1.165) is 34.6 Å². The first-order valence-electron chi connectivity index (χ1n) is 10.7. The van der Waals surface area contributed by atoms with E-state index in [1.807, 2.05) is 46.8 Å². The van der Waals surface area contributed by atoms with Gasteiger partial charge in [-0.3, -0.25) is 14.4 Å². The lowest BCUT2D eigenvalue weighted by Crippen LogP contribution is -2.52. The Balaban J connectivity index is 1.30. The molecule has 2 fully saturated rings. The maximum atomic E-state index is 13.2. The van der Waals surface area contributed by atoms with Gasteiger partial charge in [0.2, 0.25) is 0 Å². The monoisotopic (exact) mass is 492 g/mol. The van der Waals surface area contributed by atoms with Gasteiger partial charge in [0, 0.05) is 42.6 Å². The average molecular weight is 493 g/mol. The van der Waals surface area contributed by atoms with Gasteiger partial charge in [0.25, 0.3) is 5.91 Å². The van der Waals surface area contributed by atoms with E-state index in [1.54, 1.807) is 0 Å². The molecule has 0 aliphatic carbocycles. The lowest BCUT2D eigenvalue weighted by Gasteiger charge is -2.37. The Morgan fingerprint density at radius 2 is 1.97 bits per heavy atom. The quantitative estimate of drug-likeness (QED) is 0.559. The summed E-state index contributed by atoms with van der Waals surface area (Å²) in [6, 6.07) is 9.76. The molecule has 1 unspecified atom stereocenters. The molecule has 1 amide bonds. The van der Waals surface area contributed by atoms with Crippen LogP contribution in [0.25, 0.3) is 10.2 Å². The van der Waals surface area contributed by atoms with Crippen molar-refractivity contribution in [1.29, 1.82) is 0 Å². The molecule has 1 atom stereocenters. The Labute approximate surface area is 196 Å². The van der Waals surface area contributed by atoms with Crippen molar-refractivity contribution in [3.8, 4) is 0 Å². The van der Waals surface area contributed by atoms with Gasteiger partial charge in [-0.15, -0.1) is 11.3 Å². The highest BCUT2D eigenvalue weighted by atomic mass is 35.5. The van der Waals surface area contributed by atoms with E-state index < -0.39 is 9.84 Å². The molecule has 2 aliphatic heterocycles. The summed E-state index contributed by atoms with van der Waals surface area (Å²) in [6.45, 7) is 5.19. The second kappa shape index (κ2) is 8.44.